The fraction of sp³-hybridized carbons (Fsp3) is 0.600. The molecule has 11 nitrogen and oxygen atoms in total. The highest BCUT2D eigenvalue weighted by Gasteiger charge is 2.55. The normalized spacial score (nSPS) is 22.1. The van der Waals surface area contributed by atoms with E-state index >= 15 is 0 Å². The molecule has 172 valence electrons. The number of aryl methyl sites for hydroxylation is 1. The van der Waals surface area contributed by atoms with Crippen molar-refractivity contribution in [2.24, 2.45) is 4.99 Å². The monoisotopic (exact) mass is 461 g/mol. The van der Waals surface area contributed by atoms with Gasteiger partial charge >= 0.3 is 12.0 Å². The van der Waals surface area contributed by atoms with Crippen LogP contribution >= 0.6 is 11.8 Å². The lowest BCUT2D eigenvalue weighted by atomic mass is 10.1. The summed E-state index contributed by atoms with van der Waals surface area (Å²) in [6.45, 7) is 6.38. The number of guanidine groups is 1. The molecule has 4 heterocycles. The molecule has 2 fully saturated rings. The van der Waals surface area contributed by atoms with E-state index in [4.69, 9.17) is 4.99 Å². The number of nitrogens with zero attached hydrogens (tertiary/aromatic N) is 8. The van der Waals surface area contributed by atoms with Gasteiger partial charge in [0.15, 0.2) is 5.16 Å². The number of hydrogen-bond donors (Lipinski definition) is 1. The molecule has 0 aromatic carbocycles. The van der Waals surface area contributed by atoms with E-state index in [0.29, 0.717) is 29.8 Å². The van der Waals surface area contributed by atoms with Crippen molar-refractivity contribution in [1.29, 1.82) is 0 Å². The number of thioether (sulfide) groups is 1. The van der Waals surface area contributed by atoms with Crippen LogP contribution in [0.3, 0.4) is 0 Å². The second kappa shape index (κ2) is 9.51. The van der Waals surface area contributed by atoms with Crippen molar-refractivity contribution in [1.82, 2.24) is 29.6 Å². The van der Waals surface area contributed by atoms with Gasteiger partial charge in [0.25, 0.3) is 5.91 Å². The van der Waals surface area contributed by atoms with Crippen molar-refractivity contribution < 1.29 is 19.3 Å². The van der Waals surface area contributed by atoms with Crippen LogP contribution in [0.2, 0.25) is 0 Å². The molecule has 4 rings (SSSR count). The maximum absolute atomic E-state index is 13.1. The molecule has 1 unspecified atom stereocenters. The molecular weight excluding hydrogens is 432 g/mol. The first-order valence-corrected chi connectivity index (χ1v) is 11.7. The Morgan fingerprint density at radius 1 is 1.19 bits per heavy atom. The van der Waals surface area contributed by atoms with Crippen LogP contribution in [-0.2, 0) is 4.79 Å². The number of urea groups is 1. The Kier molecular flexibility index (Phi) is 6.72. The number of β-amino-alcohol motifs (C(OH)–C–C–N with tert-alkyl or cyclic N) is 1. The van der Waals surface area contributed by atoms with Crippen molar-refractivity contribution in [2.75, 3.05) is 65.7 Å². The molecule has 3 aliphatic rings. The van der Waals surface area contributed by atoms with Crippen LogP contribution in [0.15, 0.2) is 22.4 Å². The summed E-state index contributed by atoms with van der Waals surface area (Å²) in [5, 5.41) is 9.91. The van der Waals surface area contributed by atoms with Crippen LogP contribution in [0.1, 0.15) is 5.69 Å². The standard InChI is InChI=1S/C20H29N8O3S/c1-14-4-5-21-18(22-14)32-13-11-28-15-16(24(2)20(31)25(3)17(15)30)23-19(28)27-8-6-26(7-9-27)10-12-29/h4-5,15,29H,6-13H2,1-3H3/q+1. The predicted molar refractivity (Wildman–Crippen MR) is 120 cm³/mol. The number of amidine groups is 1. The Morgan fingerprint density at radius 2 is 1.94 bits per heavy atom. The van der Waals surface area contributed by atoms with Gasteiger partial charge in [0, 0.05) is 51.4 Å². The molecule has 1 aromatic rings. The largest absolute Gasteiger partial charge is 0.395 e. The molecular formula is C20H29N8O3S+. The molecule has 0 spiro atoms. The number of aliphatic hydroxyl groups excluding tert-OH is 1. The van der Waals surface area contributed by atoms with Gasteiger partial charge < -0.3 is 5.11 Å². The second-order valence-corrected chi connectivity index (χ2v) is 9.05. The van der Waals surface area contributed by atoms with E-state index in [2.05, 4.69) is 19.4 Å². The lowest BCUT2D eigenvalue weighted by Crippen LogP contribution is -2.63. The zero-order valence-corrected chi connectivity index (χ0v) is 19.5. The fourth-order valence-electron chi connectivity index (χ4n) is 4.11. The highest BCUT2D eigenvalue weighted by Crippen LogP contribution is 2.24. The van der Waals surface area contributed by atoms with E-state index in [1.54, 1.807) is 13.2 Å². The SMILES string of the molecule is Cc1ccnc(SCCN2C(=[N+]3CCN(CCO)CC3)N=C3C2C(=O)N(C)C(=O)N3C)n1. The van der Waals surface area contributed by atoms with Crippen molar-refractivity contribution in [3.05, 3.63) is 18.0 Å². The average Bonchev–Trinajstić information content (AvgIpc) is 3.17. The zero-order valence-electron chi connectivity index (χ0n) is 18.6. The number of aliphatic hydroxyl groups is 1. The number of aliphatic imine (C=N–C) groups is 1. The van der Waals surface area contributed by atoms with Crippen molar-refractivity contribution in [2.45, 2.75) is 18.1 Å². The molecule has 32 heavy (non-hydrogen) atoms. The van der Waals surface area contributed by atoms with Crippen LogP contribution < -0.4 is 0 Å². The van der Waals surface area contributed by atoms with Gasteiger partial charge in [-0.3, -0.25) is 24.1 Å². The van der Waals surface area contributed by atoms with Gasteiger partial charge in [-0.1, -0.05) is 16.8 Å². The molecule has 12 heteroatoms. The topological polar surface area (TPSA) is 108 Å². The highest BCUT2D eigenvalue weighted by atomic mass is 32.2. The Labute approximate surface area is 191 Å². The molecule has 0 bridgehead atoms. The quantitative estimate of drug-likeness (QED) is 0.332. The number of piperazine rings is 1. The molecule has 1 N–H and O–H groups in total. The minimum atomic E-state index is -0.618. The minimum Gasteiger partial charge on any atom is -0.395 e. The lowest BCUT2D eigenvalue weighted by Gasteiger charge is -2.33. The number of aromatic nitrogens is 2. The van der Waals surface area contributed by atoms with E-state index in [-0.39, 0.29) is 18.5 Å². The third-order valence-electron chi connectivity index (χ3n) is 5.92. The number of rotatable bonds is 6. The average molecular weight is 462 g/mol. The molecule has 3 aliphatic heterocycles. The van der Waals surface area contributed by atoms with Gasteiger partial charge in [0.1, 0.15) is 0 Å². The first kappa shape index (κ1) is 22.6. The number of carbonyl (C=O) groups is 2. The Bertz CT molecular complexity index is 958. The summed E-state index contributed by atoms with van der Waals surface area (Å²) in [5.74, 6) is 1.61. The van der Waals surface area contributed by atoms with Gasteiger partial charge in [-0.05, 0) is 13.0 Å². The third kappa shape index (κ3) is 4.34. The molecule has 1 aromatic heterocycles. The van der Waals surface area contributed by atoms with E-state index in [9.17, 15) is 14.7 Å². The van der Waals surface area contributed by atoms with Gasteiger partial charge in [-0.25, -0.2) is 19.7 Å². The van der Waals surface area contributed by atoms with Crippen LogP contribution in [0.5, 0.6) is 0 Å². The van der Waals surface area contributed by atoms with E-state index in [1.165, 1.54) is 23.7 Å². The van der Waals surface area contributed by atoms with Crippen LogP contribution in [-0.4, -0.2) is 135 Å². The minimum absolute atomic E-state index is 0.138. The smallest absolute Gasteiger partial charge is 0.392 e. The van der Waals surface area contributed by atoms with Crippen LogP contribution in [0.25, 0.3) is 0 Å². The fourth-order valence-corrected chi connectivity index (χ4v) is 4.93. The maximum Gasteiger partial charge on any atom is 0.392 e. The third-order valence-corrected chi connectivity index (χ3v) is 6.76. The van der Waals surface area contributed by atoms with Gasteiger partial charge in [-0.2, -0.15) is 0 Å². The van der Waals surface area contributed by atoms with E-state index in [1.807, 2.05) is 17.9 Å². The Hall–Kier alpha value is -2.57. The summed E-state index contributed by atoms with van der Waals surface area (Å²) in [5.41, 5.74) is 0.909. The highest BCUT2D eigenvalue weighted by molar-refractivity contribution is 7.99. The van der Waals surface area contributed by atoms with Gasteiger partial charge in [0.2, 0.25) is 11.9 Å². The molecule has 2 saturated heterocycles. The Morgan fingerprint density at radius 3 is 2.62 bits per heavy atom. The van der Waals surface area contributed by atoms with E-state index < -0.39 is 6.04 Å². The molecule has 0 radical (unpaired) electrons. The zero-order chi connectivity index (χ0) is 22.8. The van der Waals surface area contributed by atoms with Gasteiger partial charge in [0.05, 0.1) is 26.2 Å². The molecule has 3 amide bonds. The second-order valence-electron chi connectivity index (χ2n) is 7.99. The summed E-state index contributed by atoms with van der Waals surface area (Å²) >= 11 is 1.53. The molecule has 0 saturated carbocycles. The number of fused-ring (bicyclic) bond motifs is 1. The van der Waals surface area contributed by atoms with Crippen LogP contribution in [0.4, 0.5) is 4.79 Å². The summed E-state index contributed by atoms with van der Waals surface area (Å²) in [7, 11) is 3.17. The van der Waals surface area contributed by atoms with Gasteiger partial charge in [-0.15, -0.1) is 0 Å². The maximum atomic E-state index is 13.1. The summed E-state index contributed by atoms with van der Waals surface area (Å²) in [6, 6.07) is 0.866. The van der Waals surface area contributed by atoms with Crippen molar-refractivity contribution in [3.63, 3.8) is 0 Å². The van der Waals surface area contributed by atoms with E-state index in [0.717, 1.165) is 42.7 Å². The van der Waals surface area contributed by atoms with Crippen molar-refractivity contribution in [3.8, 4) is 0 Å². The van der Waals surface area contributed by atoms with Crippen LogP contribution in [0, 0.1) is 6.92 Å². The molecule has 0 aliphatic carbocycles. The lowest BCUT2D eigenvalue weighted by molar-refractivity contribution is -0.544. The summed E-state index contributed by atoms with van der Waals surface area (Å²) in [6.07, 6.45) is 1.74. The first-order chi connectivity index (χ1) is 15.4. The first-order valence-electron chi connectivity index (χ1n) is 10.7. The number of carbonyl (C=O) groups excluding carboxylic acids is 2. The number of likely N-dealkylation sites (N-methyl/N-ethyl adjacent to an activating group) is 2. The number of amides is 3. The Balaban J connectivity index is 1.58. The summed E-state index contributed by atoms with van der Waals surface area (Å²) < 4.78 is 2.17. The summed E-state index contributed by atoms with van der Waals surface area (Å²) in [4.78, 5) is 45.9. The number of hydrogen-bond acceptors (Lipinski definition) is 7. The predicted octanol–water partition coefficient (Wildman–Crippen LogP) is -0.840. The van der Waals surface area contributed by atoms with Crippen molar-refractivity contribution >= 4 is 35.5 Å². The molecule has 1 atom stereocenters. The number of imide groups is 1.